The number of carboxylic acids is 1. The zero-order chi connectivity index (χ0) is 20.8. The molecule has 2 aromatic rings. The average molecular weight is 390 g/mol. The Kier molecular flexibility index (Phi) is 6.76. The quantitative estimate of drug-likeness (QED) is 0.781. The maximum atomic E-state index is 11.0. The first-order valence-electron chi connectivity index (χ1n) is 10.1. The van der Waals surface area contributed by atoms with E-state index in [-0.39, 0.29) is 23.4 Å². The second-order valence-corrected chi connectivity index (χ2v) is 7.71. The van der Waals surface area contributed by atoms with Gasteiger partial charge < -0.3 is 5.11 Å². The summed E-state index contributed by atoms with van der Waals surface area (Å²) in [6.45, 7) is 1.56. The maximum Gasteiger partial charge on any atom is 0.310 e. The largest absolute Gasteiger partial charge is 0.481 e. The summed E-state index contributed by atoms with van der Waals surface area (Å²) in [6, 6.07) is 18.5. The maximum absolute atomic E-state index is 11.0. The van der Waals surface area contributed by atoms with E-state index in [9.17, 15) is 14.4 Å². The molecule has 0 aromatic heterocycles. The van der Waals surface area contributed by atoms with Crippen LogP contribution in [0.1, 0.15) is 44.6 Å². The number of aliphatic carboxylic acids is 1. The molecule has 2 aliphatic carbocycles. The van der Waals surface area contributed by atoms with Crippen LogP contribution in [0.3, 0.4) is 0 Å². The number of hydrogen-bond donors (Lipinski definition) is 1. The molecule has 2 atom stereocenters. The molecule has 2 aliphatic rings. The molecule has 0 aliphatic heterocycles. The fourth-order valence-corrected chi connectivity index (χ4v) is 3.85. The second kappa shape index (κ2) is 9.46. The molecule has 1 saturated carbocycles. The Balaban J connectivity index is 0.000000224. The van der Waals surface area contributed by atoms with E-state index >= 15 is 0 Å². The number of Topliss-reactive ketones (excluding diaryl/α,β-unsaturated/α-hetero) is 2. The minimum atomic E-state index is -0.723. The van der Waals surface area contributed by atoms with Crippen LogP contribution in [0.5, 0.6) is 0 Å². The van der Waals surface area contributed by atoms with Crippen LogP contribution in [0, 0.1) is 11.8 Å². The Labute approximate surface area is 171 Å². The van der Waals surface area contributed by atoms with Gasteiger partial charge in [-0.15, -0.1) is 0 Å². The number of hydrogen-bond acceptors (Lipinski definition) is 3. The highest BCUT2D eigenvalue weighted by molar-refractivity contribution is 5.89. The van der Waals surface area contributed by atoms with Crippen molar-refractivity contribution in [1.29, 1.82) is 0 Å². The van der Waals surface area contributed by atoms with Crippen LogP contribution >= 0.6 is 0 Å². The van der Waals surface area contributed by atoms with E-state index in [0.29, 0.717) is 19.3 Å². The number of rotatable bonds is 4. The molecule has 0 saturated heterocycles. The molecule has 4 heteroatoms. The van der Waals surface area contributed by atoms with Gasteiger partial charge in [-0.25, -0.2) is 0 Å². The Hall–Kier alpha value is -3.01. The summed E-state index contributed by atoms with van der Waals surface area (Å²) >= 11 is 0. The van der Waals surface area contributed by atoms with Crippen LogP contribution in [-0.2, 0) is 14.4 Å². The topological polar surface area (TPSA) is 71.4 Å². The van der Waals surface area contributed by atoms with Gasteiger partial charge in [0, 0.05) is 18.8 Å². The lowest BCUT2D eigenvalue weighted by atomic mass is 9.99. The first-order valence-corrected chi connectivity index (χ1v) is 10.1. The third-order valence-electron chi connectivity index (χ3n) is 5.61. The van der Waals surface area contributed by atoms with Gasteiger partial charge in [0.25, 0.3) is 0 Å². The number of carbonyl (C=O) groups is 3. The van der Waals surface area contributed by atoms with E-state index in [1.807, 2.05) is 30.3 Å². The highest BCUT2D eigenvalue weighted by atomic mass is 16.4. The molecule has 0 unspecified atom stereocenters. The minimum Gasteiger partial charge on any atom is -0.481 e. The van der Waals surface area contributed by atoms with Crippen molar-refractivity contribution in [2.75, 3.05) is 0 Å². The average Bonchev–Trinajstić information content (AvgIpc) is 3.39. The third kappa shape index (κ3) is 5.50. The Morgan fingerprint density at radius 3 is 2.14 bits per heavy atom. The number of benzene rings is 2. The highest BCUT2D eigenvalue weighted by Gasteiger charge is 2.25. The van der Waals surface area contributed by atoms with Crippen molar-refractivity contribution in [2.45, 2.75) is 39.0 Å². The van der Waals surface area contributed by atoms with E-state index in [0.717, 1.165) is 24.0 Å². The van der Waals surface area contributed by atoms with Crippen molar-refractivity contribution in [1.82, 2.24) is 0 Å². The standard InChI is InChI=1S/C18H16O2.C7H10O2/c19-18(20)17-10-9-16(12-17)15-8-4-7-14(11-15)13-5-2-1-3-6-13;1-5(8)6-2-3-7(9)4-6/h1-8,11-12,17H,9-10H2,(H,19,20);6H,2-4H2,1H3/t17-;6-/m11/s1. The molecule has 2 aromatic carbocycles. The summed E-state index contributed by atoms with van der Waals surface area (Å²) in [7, 11) is 0. The minimum absolute atomic E-state index is 0.0532. The van der Waals surface area contributed by atoms with Crippen LogP contribution in [-0.4, -0.2) is 22.6 Å². The SMILES string of the molecule is CC(=O)[C@@H]1CCC(=O)C1.O=C(O)[C@H]1C=C(c2cccc(-c3ccccc3)c2)CC1. The second-order valence-electron chi connectivity index (χ2n) is 7.71. The molecular weight excluding hydrogens is 364 g/mol. The third-order valence-corrected chi connectivity index (χ3v) is 5.61. The molecule has 0 radical (unpaired) electrons. The van der Waals surface area contributed by atoms with Gasteiger partial charge in [0.05, 0.1) is 5.92 Å². The van der Waals surface area contributed by atoms with Gasteiger partial charge in [-0.1, -0.05) is 54.6 Å². The van der Waals surface area contributed by atoms with E-state index in [1.54, 1.807) is 6.92 Å². The van der Waals surface area contributed by atoms with E-state index < -0.39 is 5.97 Å². The monoisotopic (exact) mass is 390 g/mol. The summed E-state index contributed by atoms with van der Waals surface area (Å²) < 4.78 is 0. The molecule has 0 bridgehead atoms. The summed E-state index contributed by atoms with van der Waals surface area (Å²) in [4.78, 5) is 32.3. The zero-order valence-electron chi connectivity index (χ0n) is 16.6. The Bertz CT molecular complexity index is 927. The molecule has 1 N–H and O–H groups in total. The van der Waals surface area contributed by atoms with Crippen LogP contribution in [0.4, 0.5) is 0 Å². The predicted octanol–water partition coefficient (Wildman–Crippen LogP) is 5.18. The Morgan fingerprint density at radius 2 is 1.59 bits per heavy atom. The molecule has 4 rings (SSSR count). The van der Waals surface area contributed by atoms with Gasteiger partial charge in [-0.2, -0.15) is 0 Å². The van der Waals surface area contributed by atoms with E-state index in [1.165, 1.54) is 11.1 Å². The number of ketones is 2. The van der Waals surface area contributed by atoms with Crippen molar-refractivity contribution in [3.05, 3.63) is 66.2 Å². The van der Waals surface area contributed by atoms with Crippen LogP contribution in [0.25, 0.3) is 16.7 Å². The fraction of sp³-hybridized carbons (Fsp3) is 0.320. The molecule has 0 heterocycles. The first kappa shape index (κ1) is 20.7. The van der Waals surface area contributed by atoms with Crippen molar-refractivity contribution in [3.63, 3.8) is 0 Å². The summed E-state index contributed by atoms with van der Waals surface area (Å²) in [5.41, 5.74) is 4.63. The highest BCUT2D eigenvalue weighted by Crippen LogP contribution is 2.33. The van der Waals surface area contributed by atoms with Crippen molar-refractivity contribution in [2.24, 2.45) is 11.8 Å². The molecule has 150 valence electrons. The van der Waals surface area contributed by atoms with Gasteiger partial charge in [0.1, 0.15) is 11.6 Å². The number of allylic oxidation sites excluding steroid dienone is 1. The normalized spacial score (nSPS) is 20.6. The van der Waals surface area contributed by atoms with Crippen molar-refractivity contribution in [3.8, 4) is 11.1 Å². The molecule has 4 nitrogen and oxygen atoms in total. The predicted molar refractivity (Wildman–Crippen MR) is 113 cm³/mol. The van der Waals surface area contributed by atoms with Gasteiger partial charge in [-0.05, 0) is 54.5 Å². The van der Waals surface area contributed by atoms with Gasteiger partial charge in [0.2, 0.25) is 0 Å². The van der Waals surface area contributed by atoms with Crippen molar-refractivity contribution < 1.29 is 19.5 Å². The summed E-state index contributed by atoms with van der Waals surface area (Å²) in [6.07, 6.45) is 5.34. The molecule has 29 heavy (non-hydrogen) atoms. The van der Waals surface area contributed by atoms with Gasteiger partial charge in [-0.3, -0.25) is 14.4 Å². The van der Waals surface area contributed by atoms with E-state index in [4.69, 9.17) is 5.11 Å². The first-order chi connectivity index (χ1) is 13.9. The van der Waals surface area contributed by atoms with Crippen molar-refractivity contribution >= 4 is 23.1 Å². The van der Waals surface area contributed by atoms with Gasteiger partial charge in [0.15, 0.2) is 0 Å². The molecule has 0 amide bonds. The summed E-state index contributed by atoms with van der Waals surface area (Å²) in [5.74, 6) is -0.585. The van der Waals surface area contributed by atoms with E-state index in [2.05, 4.69) is 30.3 Å². The van der Waals surface area contributed by atoms with Crippen LogP contribution < -0.4 is 0 Å². The lowest BCUT2D eigenvalue weighted by Crippen LogP contribution is -2.06. The zero-order valence-corrected chi connectivity index (χ0v) is 16.6. The Morgan fingerprint density at radius 1 is 0.897 bits per heavy atom. The van der Waals surface area contributed by atoms with Crippen LogP contribution in [0.2, 0.25) is 0 Å². The fourth-order valence-electron chi connectivity index (χ4n) is 3.85. The molecule has 1 fully saturated rings. The number of carboxylic acid groups (broad SMARTS) is 1. The smallest absolute Gasteiger partial charge is 0.310 e. The summed E-state index contributed by atoms with van der Waals surface area (Å²) in [5, 5.41) is 9.07. The van der Waals surface area contributed by atoms with Gasteiger partial charge >= 0.3 is 5.97 Å². The number of carbonyl (C=O) groups excluding carboxylic acids is 2. The lowest BCUT2D eigenvalue weighted by molar-refractivity contribution is -0.140. The molecular formula is C25H26O4. The molecule has 0 spiro atoms. The lowest BCUT2D eigenvalue weighted by Gasteiger charge is -2.06. The van der Waals surface area contributed by atoms with Crippen LogP contribution in [0.15, 0.2) is 60.7 Å².